The van der Waals surface area contributed by atoms with Gasteiger partial charge in [-0.3, -0.25) is 9.59 Å². The molecule has 26 heavy (non-hydrogen) atoms. The summed E-state index contributed by atoms with van der Waals surface area (Å²) in [5.41, 5.74) is 1.78. The normalized spacial score (nSPS) is 14.6. The Bertz CT molecular complexity index is 636. The molecule has 1 N–H and O–H groups in total. The fourth-order valence-electron chi connectivity index (χ4n) is 2.82. The molecule has 6 heteroatoms. The number of hydrogen-bond donors (Lipinski definition) is 1. The van der Waals surface area contributed by atoms with Gasteiger partial charge in [0.05, 0.1) is 19.1 Å². The molecule has 0 unspecified atom stereocenters. The molecule has 1 fully saturated rings. The topological polar surface area (TPSA) is 67.9 Å². The van der Waals surface area contributed by atoms with Gasteiger partial charge in [0.1, 0.15) is 12.4 Å². The van der Waals surface area contributed by atoms with Crippen LogP contribution in [0.1, 0.15) is 26.7 Å². The molecule has 2 rings (SSSR count). The van der Waals surface area contributed by atoms with Crippen molar-refractivity contribution in [3.05, 3.63) is 36.4 Å². The van der Waals surface area contributed by atoms with Crippen molar-refractivity contribution in [2.45, 2.75) is 26.7 Å². The Morgan fingerprint density at radius 1 is 1.31 bits per heavy atom. The van der Waals surface area contributed by atoms with Crippen molar-refractivity contribution in [2.75, 3.05) is 38.2 Å². The summed E-state index contributed by atoms with van der Waals surface area (Å²) >= 11 is 0. The lowest BCUT2D eigenvalue weighted by Crippen LogP contribution is -2.43. The molecule has 1 heterocycles. The maximum atomic E-state index is 12.4. The van der Waals surface area contributed by atoms with Gasteiger partial charge in [-0.1, -0.05) is 12.6 Å². The molecule has 1 aliphatic rings. The number of piperidine rings is 1. The van der Waals surface area contributed by atoms with E-state index in [1.165, 1.54) is 0 Å². The Morgan fingerprint density at radius 2 is 2.04 bits per heavy atom. The summed E-state index contributed by atoms with van der Waals surface area (Å²) in [4.78, 5) is 25.9. The predicted octanol–water partition coefficient (Wildman–Crippen LogP) is 2.86. The van der Waals surface area contributed by atoms with Crippen molar-refractivity contribution in [3.8, 4) is 5.75 Å². The fourth-order valence-corrected chi connectivity index (χ4v) is 2.82. The number of carbonyl (C=O) groups excluding carboxylic acids is 2. The number of amides is 1. The van der Waals surface area contributed by atoms with Gasteiger partial charge in [0, 0.05) is 24.8 Å². The highest BCUT2D eigenvalue weighted by atomic mass is 16.5. The lowest BCUT2D eigenvalue weighted by molar-refractivity contribution is -0.151. The van der Waals surface area contributed by atoms with Gasteiger partial charge in [0.25, 0.3) is 0 Å². The van der Waals surface area contributed by atoms with Gasteiger partial charge in [-0.2, -0.15) is 0 Å². The van der Waals surface area contributed by atoms with E-state index >= 15 is 0 Å². The molecule has 0 bridgehead atoms. The summed E-state index contributed by atoms with van der Waals surface area (Å²) in [7, 11) is 0. The lowest BCUT2D eigenvalue weighted by atomic mass is 9.97. The van der Waals surface area contributed by atoms with E-state index in [0.29, 0.717) is 39.1 Å². The van der Waals surface area contributed by atoms with Crippen molar-refractivity contribution >= 4 is 17.6 Å². The van der Waals surface area contributed by atoms with E-state index in [1.807, 2.05) is 31.2 Å². The molecule has 1 saturated heterocycles. The second kappa shape index (κ2) is 9.85. The number of nitrogens with zero attached hydrogens (tertiary/aromatic N) is 1. The minimum atomic E-state index is -0.149. The van der Waals surface area contributed by atoms with Gasteiger partial charge in [0.15, 0.2) is 0 Å². The van der Waals surface area contributed by atoms with Crippen LogP contribution in [-0.4, -0.2) is 49.6 Å². The Labute approximate surface area is 155 Å². The molecule has 0 radical (unpaired) electrons. The van der Waals surface area contributed by atoms with Crippen molar-refractivity contribution < 1.29 is 19.1 Å². The SMILES string of the molecule is C=C(C)COc1cccc(NCC(=O)N2CCC(C(=O)OCC)CC2)c1. The third kappa shape index (κ3) is 6.10. The Balaban J connectivity index is 1.78. The quantitative estimate of drug-likeness (QED) is 0.570. The van der Waals surface area contributed by atoms with Crippen molar-refractivity contribution in [3.63, 3.8) is 0 Å². The predicted molar refractivity (Wildman–Crippen MR) is 101 cm³/mol. The van der Waals surface area contributed by atoms with Gasteiger partial charge < -0.3 is 19.7 Å². The minimum absolute atomic E-state index is 0.0283. The molecule has 142 valence electrons. The van der Waals surface area contributed by atoms with E-state index in [9.17, 15) is 9.59 Å². The van der Waals surface area contributed by atoms with Gasteiger partial charge >= 0.3 is 5.97 Å². The number of benzene rings is 1. The van der Waals surface area contributed by atoms with Gasteiger partial charge in [-0.15, -0.1) is 0 Å². The largest absolute Gasteiger partial charge is 0.489 e. The highest BCUT2D eigenvalue weighted by Crippen LogP contribution is 2.20. The van der Waals surface area contributed by atoms with Crippen LogP contribution in [0, 0.1) is 5.92 Å². The monoisotopic (exact) mass is 360 g/mol. The number of ether oxygens (including phenoxy) is 2. The smallest absolute Gasteiger partial charge is 0.309 e. The molecule has 6 nitrogen and oxygen atoms in total. The summed E-state index contributed by atoms with van der Waals surface area (Å²) in [5, 5.41) is 3.14. The van der Waals surface area contributed by atoms with Crippen molar-refractivity contribution in [2.24, 2.45) is 5.92 Å². The standard InChI is InChI=1S/C20H28N2O4/c1-4-25-20(24)16-8-10-22(11-9-16)19(23)13-21-17-6-5-7-18(12-17)26-14-15(2)3/h5-7,12,16,21H,2,4,8-11,13-14H2,1,3H3. The van der Waals surface area contributed by atoms with E-state index < -0.39 is 0 Å². The number of nitrogens with one attached hydrogen (secondary N) is 1. The van der Waals surface area contributed by atoms with Crippen molar-refractivity contribution in [1.82, 2.24) is 4.90 Å². The van der Waals surface area contributed by atoms with Crippen LogP contribution in [0.5, 0.6) is 5.75 Å². The Kier molecular flexibility index (Phi) is 7.51. The van der Waals surface area contributed by atoms with Crippen LogP contribution in [0.4, 0.5) is 5.69 Å². The average molecular weight is 360 g/mol. The lowest BCUT2D eigenvalue weighted by Gasteiger charge is -2.31. The summed E-state index contributed by atoms with van der Waals surface area (Å²) in [6.07, 6.45) is 1.32. The Morgan fingerprint density at radius 3 is 2.69 bits per heavy atom. The zero-order valence-corrected chi connectivity index (χ0v) is 15.6. The third-order valence-electron chi connectivity index (χ3n) is 4.23. The van der Waals surface area contributed by atoms with Crippen LogP contribution < -0.4 is 10.1 Å². The molecule has 0 saturated carbocycles. The number of esters is 1. The molecular weight excluding hydrogens is 332 g/mol. The number of likely N-dealkylation sites (tertiary alicyclic amines) is 1. The van der Waals surface area contributed by atoms with E-state index in [4.69, 9.17) is 9.47 Å². The van der Waals surface area contributed by atoms with E-state index in [-0.39, 0.29) is 24.3 Å². The zero-order valence-electron chi connectivity index (χ0n) is 15.6. The van der Waals surface area contributed by atoms with Crippen LogP contribution in [0.3, 0.4) is 0 Å². The summed E-state index contributed by atoms with van der Waals surface area (Å²) in [6.45, 7) is 9.79. The number of rotatable bonds is 8. The van der Waals surface area contributed by atoms with E-state index in [1.54, 1.807) is 11.8 Å². The maximum absolute atomic E-state index is 12.4. The van der Waals surface area contributed by atoms with Crippen molar-refractivity contribution in [1.29, 1.82) is 0 Å². The minimum Gasteiger partial charge on any atom is -0.489 e. The molecule has 0 aliphatic carbocycles. The number of anilines is 1. The molecule has 1 amide bonds. The fraction of sp³-hybridized carbons (Fsp3) is 0.500. The van der Waals surface area contributed by atoms with E-state index in [0.717, 1.165) is 17.0 Å². The molecule has 0 atom stereocenters. The highest BCUT2D eigenvalue weighted by molar-refractivity contribution is 5.81. The number of carbonyl (C=O) groups is 2. The van der Waals surface area contributed by atoms with Gasteiger partial charge in [-0.25, -0.2) is 0 Å². The molecule has 1 aliphatic heterocycles. The molecule has 0 aromatic heterocycles. The highest BCUT2D eigenvalue weighted by Gasteiger charge is 2.27. The second-order valence-corrected chi connectivity index (χ2v) is 6.53. The van der Waals surface area contributed by atoms with Crippen LogP contribution in [0.25, 0.3) is 0 Å². The molecule has 0 spiro atoms. The van der Waals surface area contributed by atoms with Crippen LogP contribution >= 0.6 is 0 Å². The zero-order chi connectivity index (χ0) is 18.9. The second-order valence-electron chi connectivity index (χ2n) is 6.53. The average Bonchev–Trinajstić information content (AvgIpc) is 2.65. The molecule has 1 aromatic carbocycles. The van der Waals surface area contributed by atoms with Crippen LogP contribution in [0.15, 0.2) is 36.4 Å². The van der Waals surface area contributed by atoms with Crippen LogP contribution in [0.2, 0.25) is 0 Å². The van der Waals surface area contributed by atoms with E-state index in [2.05, 4.69) is 11.9 Å². The first-order valence-electron chi connectivity index (χ1n) is 9.05. The maximum Gasteiger partial charge on any atom is 0.309 e. The third-order valence-corrected chi connectivity index (χ3v) is 4.23. The molecular formula is C20H28N2O4. The summed E-state index contributed by atoms with van der Waals surface area (Å²) in [6, 6.07) is 7.51. The number of hydrogen-bond acceptors (Lipinski definition) is 5. The first kappa shape index (κ1) is 19.8. The van der Waals surface area contributed by atoms with Gasteiger partial charge in [-0.05, 0) is 44.4 Å². The first-order valence-corrected chi connectivity index (χ1v) is 9.05. The Hall–Kier alpha value is -2.50. The van der Waals surface area contributed by atoms with Gasteiger partial charge in [0.2, 0.25) is 5.91 Å². The first-order chi connectivity index (χ1) is 12.5. The van der Waals surface area contributed by atoms with Crippen LogP contribution in [-0.2, 0) is 14.3 Å². The summed E-state index contributed by atoms with van der Waals surface area (Å²) in [5.74, 6) is 0.527. The summed E-state index contributed by atoms with van der Waals surface area (Å²) < 4.78 is 10.7. The molecule has 1 aromatic rings.